The standard InChI is InChI=1S/C17H13Cl2FN4O3S/c18-12-7-10(28(26,27)6-5-14(21)25)2-3-11(12)15-16(19)24-17(23-15)13-4-1-9(20)8-22-13/h1-4,7-8H,5-6H2,(H2,21,25)(H,23,24). The van der Waals surface area contributed by atoms with Gasteiger partial charge in [0, 0.05) is 12.0 Å². The Hall–Kier alpha value is -2.49. The van der Waals surface area contributed by atoms with Gasteiger partial charge >= 0.3 is 0 Å². The number of carbonyl (C=O) groups excluding carboxylic acids is 1. The SMILES string of the molecule is NC(=O)CCS(=O)(=O)c1ccc(-c2[nH]c(-c3ccc(F)cn3)nc2Cl)c(Cl)c1. The molecule has 3 aromatic rings. The van der Waals surface area contributed by atoms with E-state index in [1.165, 1.54) is 30.3 Å². The molecule has 1 amide bonds. The van der Waals surface area contributed by atoms with E-state index in [1.54, 1.807) is 0 Å². The van der Waals surface area contributed by atoms with Crippen molar-refractivity contribution in [1.82, 2.24) is 15.0 Å². The fourth-order valence-corrected chi connectivity index (χ4v) is 4.26. The summed E-state index contributed by atoms with van der Waals surface area (Å²) in [5.74, 6) is -1.31. The highest BCUT2D eigenvalue weighted by molar-refractivity contribution is 7.91. The Morgan fingerprint density at radius 1 is 1.21 bits per heavy atom. The predicted octanol–water partition coefficient (Wildman–Crippen LogP) is 3.23. The first-order valence-electron chi connectivity index (χ1n) is 7.86. The average molecular weight is 443 g/mol. The Bertz CT molecular complexity index is 1150. The molecule has 0 atom stereocenters. The number of H-pyrrole nitrogens is 1. The minimum atomic E-state index is -3.72. The normalized spacial score (nSPS) is 11.5. The zero-order valence-corrected chi connectivity index (χ0v) is 16.4. The lowest BCUT2D eigenvalue weighted by molar-refractivity contribution is -0.117. The summed E-state index contributed by atoms with van der Waals surface area (Å²) in [6, 6.07) is 6.76. The van der Waals surface area contributed by atoms with Crippen LogP contribution >= 0.6 is 23.2 Å². The van der Waals surface area contributed by atoms with Gasteiger partial charge in [0.1, 0.15) is 11.5 Å². The van der Waals surface area contributed by atoms with Crippen LogP contribution < -0.4 is 5.73 Å². The van der Waals surface area contributed by atoms with E-state index in [9.17, 15) is 17.6 Å². The molecule has 0 saturated carbocycles. The van der Waals surface area contributed by atoms with Crippen molar-refractivity contribution in [2.24, 2.45) is 5.73 Å². The number of hydrogen-bond donors (Lipinski definition) is 2. The molecule has 0 saturated heterocycles. The summed E-state index contributed by atoms with van der Waals surface area (Å²) in [6.07, 6.45) is 0.756. The number of imidazole rings is 1. The molecule has 146 valence electrons. The number of nitrogens with one attached hydrogen (secondary N) is 1. The highest BCUT2D eigenvalue weighted by Crippen LogP contribution is 2.35. The van der Waals surface area contributed by atoms with E-state index < -0.39 is 27.3 Å². The van der Waals surface area contributed by atoms with Crippen LogP contribution in [0, 0.1) is 5.82 Å². The van der Waals surface area contributed by atoms with Gasteiger partial charge in [-0.1, -0.05) is 23.2 Å². The number of pyridine rings is 1. The van der Waals surface area contributed by atoms with Crippen molar-refractivity contribution in [2.45, 2.75) is 11.3 Å². The lowest BCUT2D eigenvalue weighted by Crippen LogP contribution is -2.17. The minimum Gasteiger partial charge on any atom is -0.370 e. The molecule has 2 heterocycles. The number of aromatic nitrogens is 3. The topological polar surface area (TPSA) is 119 Å². The summed E-state index contributed by atoms with van der Waals surface area (Å²) in [7, 11) is -3.72. The van der Waals surface area contributed by atoms with E-state index in [0.717, 1.165) is 6.20 Å². The molecule has 0 aliphatic carbocycles. The second-order valence-electron chi connectivity index (χ2n) is 5.79. The lowest BCUT2D eigenvalue weighted by Gasteiger charge is -2.07. The maximum Gasteiger partial charge on any atom is 0.218 e. The zero-order valence-electron chi connectivity index (χ0n) is 14.1. The van der Waals surface area contributed by atoms with E-state index in [1.807, 2.05) is 0 Å². The summed E-state index contributed by atoms with van der Waals surface area (Å²) >= 11 is 12.4. The second-order valence-corrected chi connectivity index (χ2v) is 8.66. The highest BCUT2D eigenvalue weighted by atomic mass is 35.5. The van der Waals surface area contributed by atoms with Crippen LogP contribution in [0.5, 0.6) is 0 Å². The van der Waals surface area contributed by atoms with Gasteiger partial charge < -0.3 is 10.7 Å². The van der Waals surface area contributed by atoms with Crippen LogP contribution in [-0.4, -0.2) is 35.0 Å². The lowest BCUT2D eigenvalue weighted by atomic mass is 10.2. The van der Waals surface area contributed by atoms with Gasteiger partial charge in [-0.3, -0.25) is 4.79 Å². The van der Waals surface area contributed by atoms with Gasteiger partial charge in [0.05, 0.1) is 27.6 Å². The average Bonchev–Trinajstić information content (AvgIpc) is 3.02. The first-order valence-corrected chi connectivity index (χ1v) is 10.3. The summed E-state index contributed by atoms with van der Waals surface area (Å²) in [6.45, 7) is 0. The van der Waals surface area contributed by atoms with Gasteiger partial charge in [-0.15, -0.1) is 0 Å². The molecule has 0 unspecified atom stereocenters. The maximum atomic E-state index is 13.0. The summed E-state index contributed by atoms with van der Waals surface area (Å²) in [5, 5.41) is 0.205. The van der Waals surface area contributed by atoms with Crippen molar-refractivity contribution in [3.05, 3.63) is 52.5 Å². The number of carbonyl (C=O) groups is 1. The van der Waals surface area contributed by atoms with Crippen molar-refractivity contribution in [1.29, 1.82) is 0 Å². The molecule has 0 spiro atoms. The Balaban J connectivity index is 1.95. The quantitative estimate of drug-likeness (QED) is 0.607. The summed E-state index contributed by atoms with van der Waals surface area (Å²) in [4.78, 5) is 21.8. The summed E-state index contributed by atoms with van der Waals surface area (Å²) in [5.41, 5.74) is 6.15. The van der Waals surface area contributed by atoms with Crippen LogP contribution in [0.25, 0.3) is 22.8 Å². The van der Waals surface area contributed by atoms with Crippen molar-refractivity contribution >= 4 is 38.9 Å². The molecule has 2 aromatic heterocycles. The molecule has 0 radical (unpaired) electrons. The third-order valence-corrected chi connectivity index (χ3v) is 6.12. The smallest absolute Gasteiger partial charge is 0.218 e. The Labute approximate surface area is 169 Å². The Morgan fingerprint density at radius 2 is 1.96 bits per heavy atom. The molecule has 11 heteroatoms. The number of sulfone groups is 1. The largest absolute Gasteiger partial charge is 0.370 e. The minimum absolute atomic E-state index is 0.0430. The predicted molar refractivity (Wildman–Crippen MR) is 103 cm³/mol. The third-order valence-electron chi connectivity index (χ3n) is 3.82. The van der Waals surface area contributed by atoms with E-state index >= 15 is 0 Å². The fraction of sp³-hybridized carbons (Fsp3) is 0.118. The molecule has 28 heavy (non-hydrogen) atoms. The van der Waals surface area contributed by atoms with Gasteiger partial charge in [0.25, 0.3) is 0 Å². The van der Waals surface area contributed by atoms with E-state index in [2.05, 4.69) is 15.0 Å². The number of aromatic amines is 1. The van der Waals surface area contributed by atoms with Gasteiger partial charge in [-0.2, -0.15) is 0 Å². The van der Waals surface area contributed by atoms with E-state index in [-0.39, 0.29) is 21.5 Å². The number of nitrogens with two attached hydrogens (primary N) is 1. The molecule has 1 aromatic carbocycles. The van der Waals surface area contributed by atoms with Gasteiger partial charge in [0.2, 0.25) is 5.91 Å². The van der Waals surface area contributed by atoms with Crippen molar-refractivity contribution in [3.8, 4) is 22.8 Å². The molecule has 0 bridgehead atoms. The van der Waals surface area contributed by atoms with Crippen LogP contribution in [-0.2, 0) is 14.6 Å². The number of halogens is 3. The molecule has 3 rings (SSSR count). The zero-order chi connectivity index (χ0) is 20.5. The Kier molecular flexibility index (Phi) is 5.69. The molecule has 7 nitrogen and oxygen atoms in total. The fourth-order valence-electron chi connectivity index (χ4n) is 2.41. The van der Waals surface area contributed by atoms with E-state index in [4.69, 9.17) is 28.9 Å². The van der Waals surface area contributed by atoms with Gasteiger partial charge in [0.15, 0.2) is 20.8 Å². The number of hydrogen-bond acceptors (Lipinski definition) is 5. The monoisotopic (exact) mass is 442 g/mol. The van der Waals surface area contributed by atoms with Crippen molar-refractivity contribution in [2.75, 3.05) is 5.75 Å². The van der Waals surface area contributed by atoms with Crippen LogP contribution in [0.1, 0.15) is 6.42 Å². The van der Waals surface area contributed by atoms with Crippen LogP contribution in [0.15, 0.2) is 41.4 Å². The molecule has 3 N–H and O–H groups in total. The Morgan fingerprint density at radius 3 is 2.57 bits per heavy atom. The highest BCUT2D eigenvalue weighted by Gasteiger charge is 2.20. The molecule has 0 aliphatic heterocycles. The third kappa shape index (κ3) is 4.32. The van der Waals surface area contributed by atoms with E-state index in [0.29, 0.717) is 22.8 Å². The first kappa shape index (κ1) is 20.2. The molecular formula is C17H13Cl2FN4O3S. The number of primary amides is 1. The van der Waals surface area contributed by atoms with Crippen LogP contribution in [0.4, 0.5) is 4.39 Å². The number of benzene rings is 1. The second kappa shape index (κ2) is 7.86. The van der Waals surface area contributed by atoms with Crippen LogP contribution in [0.2, 0.25) is 10.2 Å². The van der Waals surface area contributed by atoms with Gasteiger partial charge in [-0.25, -0.2) is 22.8 Å². The molecule has 0 fully saturated rings. The molecule has 0 aliphatic rings. The number of amides is 1. The van der Waals surface area contributed by atoms with Crippen molar-refractivity contribution in [3.63, 3.8) is 0 Å². The number of nitrogens with zero attached hydrogens (tertiary/aromatic N) is 2. The maximum absolute atomic E-state index is 13.0. The van der Waals surface area contributed by atoms with Crippen LogP contribution in [0.3, 0.4) is 0 Å². The van der Waals surface area contributed by atoms with Crippen molar-refractivity contribution < 1.29 is 17.6 Å². The molecular weight excluding hydrogens is 430 g/mol. The first-order chi connectivity index (χ1) is 13.2. The van der Waals surface area contributed by atoms with Gasteiger partial charge in [-0.05, 0) is 30.3 Å². The summed E-state index contributed by atoms with van der Waals surface area (Å²) < 4.78 is 37.6. The number of rotatable bonds is 6.